The lowest BCUT2D eigenvalue weighted by Gasteiger charge is -2.42. The molecule has 1 N–H and O–H groups in total. The Morgan fingerprint density at radius 2 is 1.00 bits per heavy atom. The summed E-state index contributed by atoms with van der Waals surface area (Å²) in [5, 5.41) is 10.9. The summed E-state index contributed by atoms with van der Waals surface area (Å²) in [4.78, 5) is 38.7. The SMILES string of the molecule is O=C(O[C@@H]1[C@@H](OC(=O)c2ccccc2)[C@@H](O)O[C@H](CBr)[C@H]1OC(=O)c1ccccc1)c1ccccc1. The fraction of sp³-hybridized carbons (Fsp3) is 0.222. The maximum absolute atomic E-state index is 13.0. The van der Waals surface area contributed by atoms with E-state index in [4.69, 9.17) is 18.9 Å². The maximum atomic E-state index is 13.0. The maximum Gasteiger partial charge on any atom is 0.338 e. The molecule has 5 atom stereocenters. The first-order valence-corrected chi connectivity index (χ1v) is 12.3. The molecule has 0 radical (unpaired) electrons. The van der Waals surface area contributed by atoms with Crippen LogP contribution >= 0.6 is 15.9 Å². The lowest BCUT2D eigenvalue weighted by molar-refractivity contribution is -0.274. The van der Waals surface area contributed by atoms with Crippen molar-refractivity contribution in [3.63, 3.8) is 0 Å². The van der Waals surface area contributed by atoms with E-state index in [1.807, 2.05) is 0 Å². The molecular formula is C27H23BrO8. The summed E-state index contributed by atoms with van der Waals surface area (Å²) in [5.41, 5.74) is 0.719. The molecule has 9 heteroatoms. The Morgan fingerprint density at radius 1 is 0.639 bits per heavy atom. The van der Waals surface area contributed by atoms with Crippen LogP contribution in [0.1, 0.15) is 31.1 Å². The van der Waals surface area contributed by atoms with Crippen LogP contribution in [0.5, 0.6) is 0 Å². The molecule has 3 aromatic carbocycles. The van der Waals surface area contributed by atoms with Gasteiger partial charge in [0.2, 0.25) is 0 Å². The van der Waals surface area contributed by atoms with E-state index in [-0.39, 0.29) is 22.0 Å². The van der Waals surface area contributed by atoms with Crippen molar-refractivity contribution < 1.29 is 38.4 Å². The van der Waals surface area contributed by atoms with E-state index < -0.39 is 48.6 Å². The van der Waals surface area contributed by atoms with Crippen LogP contribution in [-0.4, -0.2) is 59.1 Å². The lowest BCUT2D eigenvalue weighted by atomic mass is 9.98. The number of hydrogen-bond donors (Lipinski definition) is 1. The van der Waals surface area contributed by atoms with Crippen LogP contribution < -0.4 is 0 Å². The van der Waals surface area contributed by atoms with Gasteiger partial charge >= 0.3 is 17.9 Å². The molecule has 1 fully saturated rings. The number of ether oxygens (including phenoxy) is 4. The molecule has 8 nitrogen and oxygen atoms in total. The summed E-state index contributed by atoms with van der Waals surface area (Å²) in [6.45, 7) is 0. The molecular weight excluding hydrogens is 532 g/mol. The Hall–Kier alpha value is -3.53. The average molecular weight is 555 g/mol. The van der Waals surface area contributed by atoms with Crippen LogP contribution in [0.25, 0.3) is 0 Å². The highest BCUT2D eigenvalue weighted by Crippen LogP contribution is 2.30. The molecule has 0 saturated carbocycles. The fourth-order valence-electron chi connectivity index (χ4n) is 3.72. The second-order valence-electron chi connectivity index (χ2n) is 7.93. The molecule has 0 aromatic heterocycles. The minimum atomic E-state index is -1.65. The summed E-state index contributed by atoms with van der Waals surface area (Å²) in [6, 6.07) is 24.5. The molecule has 1 aliphatic heterocycles. The first-order valence-electron chi connectivity index (χ1n) is 11.2. The van der Waals surface area contributed by atoms with E-state index in [1.165, 1.54) is 12.1 Å². The number of esters is 3. The Balaban J connectivity index is 1.66. The van der Waals surface area contributed by atoms with Crippen molar-refractivity contribution in [1.29, 1.82) is 0 Å². The molecule has 3 aromatic rings. The Kier molecular flexibility index (Phi) is 8.48. The van der Waals surface area contributed by atoms with Crippen LogP contribution in [0.4, 0.5) is 0 Å². The Labute approximate surface area is 215 Å². The van der Waals surface area contributed by atoms with Gasteiger partial charge in [0.25, 0.3) is 0 Å². The normalized spacial score (nSPS) is 23.3. The second-order valence-corrected chi connectivity index (χ2v) is 8.57. The minimum Gasteiger partial charge on any atom is -0.452 e. The third kappa shape index (κ3) is 5.99. The zero-order valence-electron chi connectivity index (χ0n) is 18.9. The fourth-order valence-corrected chi connectivity index (χ4v) is 4.24. The van der Waals surface area contributed by atoms with Crippen LogP contribution in [0.2, 0.25) is 0 Å². The van der Waals surface area contributed by atoms with Gasteiger partial charge < -0.3 is 24.1 Å². The predicted molar refractivity (Wildman–Crippen MR) is 132 cm³/mol. The van der Waals surface area contributed by atoms with Gasteiger partial charge in [-0.1, -0.05) is 70.5 Å². The van der Waals surface area contributed by atoms with Gasteiger partial charge in [-0.3, -0.25) is 0 Å². The van der Waals surface area contributed by atoms with E-state index in [2.05, 4.69) is 15.9 Å². The number of carbonyl (C=O) groups is 3. The molecule has 0 bridgehead atoms. The van der Waals surface area contributed by atoms with Crippen molar-refractivity contribution in [2.45, 2.75) is 30.7 Å². The number of aliphatic hydroxyl groups is 1. The van der Waals surface area contributed by atoms with Crippen molar-refractivity contribution in [3.05, 3.63) is 108 Å². The molecule has 0 unspecified atom stereocenters. The van der Waals surface area contributed by atoms with Crippen molar-refractivity contribution in [1.82, 2.24) is 0 Å². The zero-order chi connectivity index (χ0) is 25.5. The summed E-state index contributed by atoms with van der Waals surface area (Å²) in [7, 11) is 0. The Bertz CT molecular complexity index is 1170. The van der Waals surface area contributed by atoms with E-state index in [1.54, 1.807) is 78.9 Å². The van der Waals surface area contributed by atoms with Gasteiger partial charge in [-0.15, -0.1) is 0 Å². The number of halogens is 1. The molecule has 0 spiro atoms. The molecule has 4 rings (SSSR count). The summed E-state index contributed by atoms with van der Waals surface area (Å²) >= 11 is 3.30. The van der Waals surface area contributed by atoms with Gasteiger partial charge in [0.1, 0.15) is 6.10 Å². The van der Waals surface area contributed by atoms with Gasteiger partial charge in [-0.25, -0.2) is 14.4 Å². The number of rotatable bonds is 7. The number of alkyl halides is 1. The summed E-state index contributed by atoms with van der Waals surface area (Å²) in [5.74, 6) is -2.21. The molecule has 1 aliphatic rings. The topological polar surface area (TPSA) is 108 Å². The largest absolute Gasteiger partial charge is 0.452 e. The number of hydrogen-bond acceptors (Lipinski definition) is 8. The van der Waals surface area contributed by atoms with E-state index >= 15 is 0 Å². The molecule has 1 heterocycles. The molecule has 186 valence electrons. The van der Waals surface area contributed by atoms with Crippen molar-refractivity contribution in [3.8, 4) is 0 Å². The third-order valence-corrected chi connectivity index (χ3v) is 6.16. The van der Waals surface area contributed by atoms with Gasteiger partial charge in [0.15, 0.2) is 24.6 Å². The van der Waals surface area contributed by atoms with Gasteiger partial charge in [0, 0.05) is 5.33 Å². The predicted octanol–water partition coefficient (Wildman–Crippen LogP) is 3.78. The highest BCUT2D eigenvalue weighted by molar-refractivity contribution is 9.09. The highest BCUT2D eigenvalue weighted by Gasteiger charge is 2.51. The van der Waals surface area contributed by atoms with E-state index in [0.717, 1.165) is 0 Å². The molecule has 0 amide bonds. The van der Waals surface area contributed by atoms with E-state index in [0.29, 0.717) is 0 Å². The minimum absolute atomic E-state index is 0.134. The quantitative estimate of drug-likeness (QED) is 0.267. The standard InChI is InChI=1S/C27H23BrO8/c28-16-20-21(34-24(29)17-10-4-1-5-11-17)22(35-25(30)18-12-6-2-7-13-18)23(27(32)33-20)36-26(31)19-14-8-3-9-15-19/h1-15,20-23,27,32H,16H2/t20-,21-,22+,23-,27+/m1/s1. The van der Waals surface area contributed by atoms with Crippen LogP contribution in [0.15, 0.2) is 91.0 Å². The zero-order valence-corrected chi connectivity index (χ0v) is 20.5. The number of benzene rings is 3. The van der Waals surface area contributed by atoms with E-state index in [9.17, 15) is 19.5 Å². The van der Waals surface area contributed by atoms with Gasteiger partial charge in [-0.2, -0.15) is 0 Å². The van der Waals surface area contributed by atoms with Crippen LogP contribution in [0, 0.1) is 0 Å². The molecule has 0 aliphatic carbocycles. The molecule has 36 heavy (non-hydrogen) atoms. The van der Waals surface area contributed by atoms with Crippen LogP contribution in [0.3, 0.4) is 0 Å². The van der Waals surface area contributed by atoms with Gasteiger partial charge in [-0.05, 0) is 36.4 Å². The summed E-state index contributed by atoms with van der Waals surface area (Å²) in [6.07, 6.45) is -6.62. The Morgan fingerprint density at radius 3 is 1.39 bits per heavy atom. The van der Waals surface area contributed by atoms with Crippen molar-refractivity contribution in [2.24, 2.45) is 0 Å². The first-order chi connectivity index (χ1) is 17.5. The highest BCUT2D eigenvalue weighted by atomic mass is 79.9. The van der Waals surface area contributed by atoms with Crippen molar-refractivity contribution >= 4 is 33.8 Å². The summed E-state index contributed by atoms with van der Waals surface area (Å²) < 4.78 is 22.6. The van der Waals surface area contributed by atoms with Gasteiger partial charge in [0.05, 0.1) is 16.7 Å². The van der Waals surface area contributed by atoms with Crippen LogP contribution in [-0.2, 0) is 18.9 Å². The third-order valence-electron chi connectivity index (χ3n) is 5.52. The average Bonchev–Trinajstić information content (AvgIpc) is 2.93. The van der Waals surface area contributed by atoms with Crippen molar-refractivity contribution in [2.75, 3.05) is 5.33 Å². The smallest absolute Gasteiger partial charge is 0.338 e. The monoisotopic (exact) mass is 554 g/mol. The second kappa shape index (κ2) is 11.9. The first kappa shape index (κ1) is 25.6. The molecule has 1 saturated heterocycles. The number of carbonyl (C=O) groups excluding carboxylic acids is 3. The lowest BCUT2D eigenvalue weighted by Crippen LogP contribution is -2.62. The number of aliphatic hydroxyl groups excluding tert-OH is 1.